The van der Waals surface area contributed by atoms with Crippen molar-refractivity contribution in [3.05, 3.63) is 105 Å². The van der Waals surface area contributed by atoms with Crippen LogP contribution < -0.4 is 21.9 Å². The summed E-state index contributed by atoms with van der Waals surface area (Å²) in [5.41, 5.74) is 7.60. The molecule has 240 valence electrons. The topological polar surface area (TPSA) is 163 Å². The number of halogens is 1. The zero-order chi connectivity index (χ0) is 32.5. The molecule has 0 radical (unpaired) electrons. The molecular weight excluding hydrogens is 593 g/mol. The van der Waals surface area contributed by atoms with Gasteiger partial charge >= 0.3 is 0 Å². The van der Waals surface area contributed by atoms with Gasteiger partial charge in [-0.25, -0.2) is 9.49 Å². The number of carbonyl (C=O) groups is 3. The van der Waals surface area contributed by atoms with Crippen molar-refractivity contribution in [2.45, 2.75) is 6.42 Å². The number of nitrogens with two attached hydrogens (primary N) is 1. The average molecular weight is 630 g/mol. The highest BCUT2D eigenvalue weighted by Gasteiger charge is 2.26. The van der Waals surface area contributed by atoms with E-state index in [1.54, 1.807) is 58.3 Å². The van der Waals surface area contributed by atoms with E-state index in [-0.39, 0.29) is 42.6 Å². The van der Waals surface area contributed by atoms with Crippen molar-refractivity contribution in [2.24, 2.45) is 0 Å². The van der Waals surface area contributed by atoms with Crippen LogP contribution in [0.1, 0.15) is 32.0 Å². The van der Waals surface area contributed by atoms with Gasteiger partial charge in [0.1, 0.15) is 5.82 Å². The summed E-state index contributed by atoms with van der Waals surface area (Å²) in [4.78, 5) is 53.4. The number of nitrogens with one attached hydrogen (secondary N) is 3. The quantitative estimate of drug-likeness (QED) is 0.136. The molecule has 0 unspecified atom stereocenters. The Hall–Kier alpha value is -5.14. The van der Waals surface area contributed by atoms with Crippen LogP contribution in [-0.2, 0) is 16.0 Å². The highest BCUT2D eigenvalue weighted by Crippen LogP contribution is 2.20. The summed E-state index contributed by atoms with van der Waals surface area (Å²) in [6.07, 6.45) is 0.304. The zero-order valence-corrected chi connectivity index (χ0v) is 25.3. The summed E-state index contributed by atoms with van der Waals surface area (Å²) in [6, 6.07) is 18.3. The van der Waals surface area contributed by atoms with Crippen LogP contribution in [-0.4, -0.2) is 96.7 Å². The number of hydrogen-bond acceptors (Lipinski definition) is 8. The normalized spacial score (nSPS) is 13.2. The predicted molar refractivity (Wildman–Crippen MR) is 171 cm³/mol. The number of amides is 3. The molecule has 4 aromatic rings. The summed E-state index contributed by atoms with van der Waals surface area (Å²) in [6.45, 7) is 2.80. The third-order valence-corrected chi connectivity index (χ3v) is 7.76. The van der Waals surface area contributed by atoms with Crippen LogP contribution >= 0.6 is 0 Å². The van der Waals surface area contributed by atoms with Crippen LogP contribution in [0.3, 0.4) is 0 Å². The molecule has 1 aliphatic rings. The fourth-order valence-corrected chi connectivity index (χ4v) is 5.26. The van der Waals surface area contributed by atoms with Crippen molar-refractivity contribution >= 4 is 34.2 Å². The van der Waals surface area contributed by atoms with Gasteiger partial charge in [-0.3, -0.25) is 19.2 Å². The largest absolute Gasteiger partial charge is 0.398 e. The number of nitrogens with zero attached hydrogens (tertiary/aromatic N) is 3. The van der Waals surface area contributed by atoms with E-state index in [0.29, 0.717) is 79.1 Å². The summed E-state index contributed by atoms with van der Waals surface area (Å²) < 4.78 is 20.3. The second-order valence-electron chi connectivity index (χ2n) is 10.8. The van der Waals surface area contributed by atoms with Crippen molar-refractivity contribution in [3.8, 4) is 0 Å². The Kier molecular flexibility index (Phi) is 10.7. The molecule has 1 fully saturated rings. The lowest BCUT2D eigenvalue weighted by Gasteiger charge is -2.35. The third-order valence-electron chi connectivity index (χ3n) is 7.76. The molecule has 3 aromatic carbocycles. The molecule has 1 aromatic heterocycles. The van der Waals surface area contributed by atoms with E-state index in [9.17, 15) is 23.6 Å². The minimum atomic E-state index is -0.624. The fraction of sp³-hybridized carbons (Fsp3) is 0.303. The van der Waals surface area contributed by atoms with Gasteiger partial charge < -0.3 is 30.9 Å². The average Bonchev–Trinajstić information content (AvgIpc) is 3.08. The molecule has 0 atom stereocenters. The monoisotopic (exact) mass is 629 g/mol. The Labute approximate surface area is 264 Å². The number of H-pyrrole nitrogens is 1. The fourth-order valence-electron chi connectivity index (χ4n) is 5.26. The Morgan fingerprint density at radius 1 is 0.891 bits per heavy atom. The number of aromatic amines is 1. The number of hydrogen-bond donors (Lipinski definition) is 4. The number of benzene rings is 3. The molecule has 0 aliphatic carbocycles. The molecule has 0 spiro atoms. The molecule has 0 saturated carbocycles. The Morgan fingerprint density at radius 2 is 1.59 bits per heavy atom. The Morgan fingerprint density at radius 3 is 2.37 bits per heavy atom. The van der Waals surface area contributed by atoms with Crippen molar-refractivity contribution in [2.75, 3.05) is 64.8 Å². The number of piperazine rings is 1. The molecule has 1 saturated heterocycles. The third kappa shape index (κ3) is 7.92. The zero-order valence-electron chi connectivity index (χ0n) is 25.3. The number of fused-ring (bicyclic) bond motifs is 1. The van der Waals surface area contributed by atoms with Gasteiger partial charge in [-0.1, -0.05) is 36.4 Å². The van der Waals surface area contributed by atoms with Crippen molar-refractivity contribution in [3.63, 3.8) is 0 Å². The second kappa shape index (κ2) is 15.2. The molecule has 12 nitrogen and oxygen atoms in total. The minimum absolute atomic E-state index is 0.0450. The first-order valence-electron chi connectivity index (χ1n) is 15.0. The van der Waals surface area contributed by atoms with E-state index in [4.69, 9.17) is 10.5 Å². The molecule has 3 amide bonds. The van der Waals surface area contributed by atoms with Gasteiger partial charge in [-0.05, 0) is 35.9 Å². The van der Waals surface area contributed by atoms with E-state index in [1.165, 1.54) is 12.1 Å². The lowest BCUT2D eigenvalue weighted by molar-refractivity contribution is -0.131. The van der Waals surface area contributed by atoms with Gasteiger partial charge in [0.05, 0.1) is 42.0 Å². The van der Waals surface area contributed by atoms with Crippen LogP contribution in [0.5, 0.6) is 0 Å². The lowest BCUT2D eigenvalue weighted by Crippen LogP contribution is -2.52. The lowest BCUT2D eigenvalue weighted by atomic mass is 10.0. The predicted octanol–water partition coefficient (Wildman–Crippen LogP) is 1.56. The van der Waals surface area contributed by atoms with Gasteiger partial charge in [-0.15, -0.1) is 0 Å². The van der Waals surface area contributed by atoms with E-state index >= 15 is 0 Å². The molecule has 46 heavy (non-hydrogen) atoms. The van der Waals surface area contributed by atoms with Gasteiger partial charge in [0.25, 0.3) is 17.4 Å². The number of para-hydroxylation sites is 1. The Bertz CT molecular complexity index is 1770. The van der Waals surface area contributed by atoms with E-state index in [2.05, 4.69) is 20.8 Å². The Balaban J connectivity index is 1.02. The SMILES string of the molecule is Nc1ccccc1C(=O)NCCOCCNCC(=O)N1CCN(C(=O)c2cc(Cc3n[nH]c(=O)c4ccccc34)ccc2F)CC1. The highest BCUT2D eigenvalue weighted by molar-refractivity contribution is 5.99. The number of carbonyl (C=O) groups excluding carboxylic acids is 3. The second-order valence-corrected chi connectivity index (χ2v) is 10.8. The number of rotatable bonds is 12. The van der Waals surface area contributed by atoms with E-state index < -0.39 is 11.7 Å². The minimum Gasteiger partial charge on any atom is -0.398 e. The summed E-state index contributed by atoms with van der Waals surface area (Å²) in [5.74, 6) is -1.43. The maximum absolute atomic E-state index is 14.8. The smallest absolute Gasteiger partial charge is 0.272 e. The van der Waals surface area contributed by atoms with Gasteiger partial charge in [0, 0.05) is 56.8 Å². The van der Waals surface area contributed by atoms with Crippen LogP contribution in [0.25, 0.3) is 10.8 Å². The van der Waals surface area contributed by atoms with Gasteiger partial charge in [-0.2, -0.15) is 5.10 Å². The summed E-state index contributed by atoms with van der Waals surface area (Å²) >= 11 is 0. The number of anilines is 1. The standard InChI is InChI=1S/C33H36FN7O5/c34-27-10-9-22(20-29-23-5-1-2-6-24(23)32(44)39-38-29)19-26(27)33(45)41-15-13-40(14-16-41)30(42)21-36-11-17-46-18-12-37-31(43)25-7-3-4-8-28(25)35/h1-10,19,36H,11-18,20-21,35H2,(H,37,43)(H,39,44). The highest BCUT2D eigenvalue weighted by atomic mass is 19.1. The molecular formula is C33H36FN7O5. The van der Waals surface area contributed by atoms with E-state index in [0.717, 1.165) is 0 Å². The van der Waals surface area contributed by atoms with Crippen molar-refractivity contribution in [1.82, 2.24) is 30.6 Å². The maximum atomic E-state index is 14.8. The number of nitrogen functional groups attached to an aromatic ring is 1. The van der Waals surface area contributed by atoms with Crippen molar-refractivity contribution in [1.29, 1.82) is 0 Å². The summed E-state index contributed by atoms with van der Waals surface area (Å²) in [7, 11) is 0. The van der Waals surface area contributed by atoms with Gasteiger partial charge in [0.15, 0.2) is 0 Å². The first-order valence-corrected chi connectivity index (χ1v) is 15.0. The number of aromatic nitrogens is 2. The van der Waals surface area contributed by atoms with E-state index in [1.807, 2.05) is 6.07 Å². The molecule has 13 heteroatoms. The first-order chi connectivity index (χ1) is 22.3. The molecule has 2 heterocycles. The van der Waals surface area contributed by atoms with Crippen molar-refractivity contribution < 1.29 is 23.5 Å². The first kappa shape index (κ1) is 32.3. The van der Waals surface area contributed by atoms with Crippen LogP contribution in [0.15, 0.2) is 71.5 Å². The molecule has 5 N–H and O–H groups in total. The van der Waals surface area contributed by atoms with Crippen LogP contribution in [0.4, 0.5) is 10.1 Å². The van der Waals surface area contributed by atoms with Crippen LogP contribution in [0, 0.1) is 5.82 Å². The van der Waals surface area contributed by atoms with Gasteiger partial charge in [0.2, 0.25) is 5.91 Å². The number of ether oxygens (including phenoxy) is 1. The summed E-state index contributed by atoms with van der Waals surface area (Å²) in [5, 5.41) is 13.7. The molecule has 5 rings (SSSR count). The van der Waals surface area contributed by atoms with Crippen LogP contribution in [0.2, 0.25) is 0 Å². The molecule has 0 bridgehead atoms. The maximum Gasteiger partial charge on any atom is 0.272 e. The molecule has 1 aliphatic heterocycles.